The fourth-order valence-electron chi connectivity index (χ4n) is 4.42. The predicted molar refractivity (Wildman–Crippen MR) is 116 cm³/mol. The fourth-order valence-corrected chi connectivity index (χ4v) is 4.42. The first-order valence-corrected chi connectivity index (χ1v) is 11.0. The number of hydrogen-bond acceptors (Lipinski definition) is 9. The van der Waals surface area contributed by atoms with Crippen LogP contribution in [-0.2, 0) is 16.0 Å². The van der Waals surface area contributed by atoms with Crippen LogP contribution in [0.4, 0.5) is 0 Å². The highest BCUT2D eigenvalue weighted by Gasteiger charge is 2.45. The Morgan fingerprint density at radius 1 is 1.12 bits per heavy atom. The van der Waals surface area contributed by atoms with Gasteiger partial charge in [0.1, 0.15) is 41.9 Å². The van der Waals surface area contributed by atoms with E-state index in [1.54, 1.807) is 0 Å². The molecule has 1 aromatic carbocycles. The van der Waals surface area contributed by atoms with Crippen molar-refractivity contribution in [3.63, 3.8) is 0 Å². The molecule has 6 atom stereocenters. The van der Waals surface area contributed by atoms with Crippen molar-refractivity contribution in [2.75, 3.05) is 6.61 Å². The van der Waals surface area contributed by atoms with Crippen molar-refractivity contribution in [1.29, 1.82) is 0 Å². The molecular weight excluding hydrogens is 436 g/mol. The van der Waals surface area contributed by atoms with Crippen molar-refractivity contribution >= 4 is 16.9 Å². The highest BCUT2D eigenvalue weighted by atomic mass is 16.5. The lowest BCUT2D eigenvalue weighted by molar-refractivity contribution is -0.231. The summed E-state index contributed by atoms with van der Waals surface area (Å²) >= 11 is 0. The highest BCUT2D eigenvalue weighted by molar-refractivity contribution is 5.83. The van der Waals surface area contributed by atoms with E-state index >= 15 is 0 Å². The second-order valence-corrected chi connectivity index (χ2v) is 8.43. The van der Waals surface area contributed by atoms with Crippen molar-refractivity contribution in [1.82, 2.24) is 0 Å². The van der Waals surface area contributed by atoms with Crippen LogP contribution in [0.25, 0.3) is 11.0 Å². The molecule has 10 heteroatoms. The number of phenols is 1. The molecule has 0 aliphatic carbocycles. The number of aromatic hydroxyl groups is 1. The van der Waals surface area contributed by atoms with Crippen LogP contribution in [-0.4, -0.2) is 67.6 Å². The zero-order valence-corrected chi connectivity index (χ0v) is 18.3. The summed E-state index contributed by atoms with van der Waals surface area (Å²) in [6.45, 7) is 1.26. The van der Waals surface area contributed by atoms with E-state index in [-0.39, 0.29) is 28.9 Å². The first-order valence-electron chi connectivity index (χ1n) is 11.0. The third-order valence-corrected chi connectivity index (χ3v) is 6.17. The van der Waals surface area contributed by atoms with Crippen LogP contribution in [0, 0.1) is 5.92 Å². The number of phenolic OH excluding ortho intramolecular Hbond substituents is 1. The summed E-state index contributed by atoms with van der Waals surface area (Å²) < 4.78 is 11.1. The van der Waals surface area contributed by atoms with Crippen LogP contribution in [0.5, 0.6) is 5.75 Å². The van der Waals surface area contributed by atoms with Gasteiger partial charge in [0.15, 0.2) is 0 Å². The summed E-state index contributed by atoms with van der Waals surface area (Å²) in [4.78, 5) is 24.4. The number of rotatable bonds is 9. The van der Waals surface area contributed by atoms with Crippen molar-refractivity contribution < 1.29 is 44.6 Å². The Hall–Kier alpha value is -2.50. The third kappa shape index (κ3) is 5.20. The van der Waals surface area contributed by atoms with Gasteiger partial charge in [-0.05, 0) is 37.8 Å². The van der Waals surface area contributed by atoms with E-state index in [0.717, 1.165) is 0 Å². The molecule has 1 saturated heterocycles. The smallest absolute Gasteiger partial charge is 0.339 e. The SMILES string of the molecule is CCCC(CCCc1c([C@H]2O[C@H](CO)[C@H](O)[C@H](O)[C@H]2O)c2ccc(O)cc2oc1=O)C(=O)O. The third-order valence-electron chi connectivity index (χ3n) is 6.17. The minimum Gasteiger partial charge on any atom is -0.508 e. The lowest BCUT2D eigenvalue weighted by atomic mass is 9.86. The molecule has 1 aromatic heterocycles. The van der Waals surface area contributed by atoms with Crippen LogP contribution in [0.2, 0.25) is 0 Å². The number of ether oxygens (including phenoxy) is 1. The van der Waals surface area contributed by atoms with Gasteiger partial charge in [-0.25, -0.2) is 4.79 Å². The Bertz CT molecular complexity index is 1030. The average molecular weight is 466 g/mol. The topological polar surface area (TPSA) is 178 Å². The van der Waals surface area contributed by atoms with Crippen molar-refractivity contribution in [2.45, 2.75) is 69.5 Å². The second-order valence-electron chi connectivity index (χ2n) is 8.43. The minimum absolute atomic E-state index is 0.0325. The lowest BCUT2D eigenvalue weighted by Gasteiger charge is -2.41. The first-order chi connectivity index (χ1) is 15.7. The molecular formula is C23H30O10. The Morgan fingerprint density at radius 3 is 2.48 bits per heavy atom. The maximum atomic E-state index is 12.9. The van der Waals surface area contributed by atoms with E-state index < -0.39 is 54.6 Å². The van der Waals surface area contributed by atoms with Gasteiger partial charge in [-0.15, -0.1) is 0 Å². The van der Waals surface area contributed by atoms with E-state index in [1.807, 2.05) is 6.92 Å². The molecule has 3 rings (SSSR count). The molecule has 33 heavy (non-hydrogen) atoms. The zero-order valence-electron chi connectivity index (χ0n) is 18.3. The van der Waals surface area contributed by atoms with Gasteiger partial charge in [-0.1, -0.05) is 13.3 Å². The number of benzene rings is 1. The zero-order chi connectivity index (χ0) is 24.3. The highest BCUT2D eigenvalue weighted by Crippen LogP contribution is 2.38. The van der Waals surface area contributed by atoms with Gasteiger partial charge in [-0.2, -0.15) is 0 Å². The molecule has 0 amide bonds. The van der Waals surface area contributed by atoms with Gasteiger partial charge in [0.2, 0.25) is 0 Å². The number of aliphatic hydroxyl groups excluding tert-OH is 4. The Labute approximate surface area is 189 Å². The fraction of sp³-hybridized carbons (Fsp3) is 0.565. The van der Waals surface area contributed by atoms with Gasteiger partial charge in [0, 0.05) is 22.6 Å². The van der Waals surface area contributed by atoms with Crippen LogP contribution >= 0.6 is 0 Å². The quantitative estimate of drug-likeness (QED) is 0.290. The molecule has 1 aliphatic rings. The van der Waals surface area contributed by atoms with Crippen molar-refractivity contribution in [2.24, 2.45) is 5.92 Å². The minimum atomic E-state index is -1.64. The maximum absolute atomic E-state index is 12.9. The van der Waals surface area contributed by atoms with Gasteiger partial charge in [0.05, 0.1) is 12.5 Å². The maximum Gasteiger partial charge on any atom is 0.339 e. The summed E-state index contributed by atoms with van der Waals surface area (Å²) in [6, 6.07) is 4.07. The Kier molecular flexibility index (Phi) is 8.09. The predicted octanol–water partition coefficient (Wildman–Crippen LogP) is 0.837. The van der Waals surface area contributed by atoms with Crippen molar-refractivity contribution in [3.05, 3.63) is 39.7 Å². The standard InChI is InChI=1S/C23H30O10/c1-2-4-11(22(29)30)5-3-6-14-17(13-8-7-12(25)9-15(13)33-23(14)31)21-20(28)19(27)18(26)16(10-24)32-21/h7-9,11,16,18-21,24-28H,2-6,10H2,1H3,(H,29,30)/t11?,16-,18+,19+,20-,21-/m1/s1. The molecule has 2 heterocycles. The number of hydrogen-bond donors (Lipinski definition) is 6. The summed E-state index contributed by atoms with van der Waals surface area (Å²) in [7, 11) is 0. The summed E-state index contributed by atoms with van der Waals surface area (Å²) in [6.07, 6.45) is -5.29. The molecule has 6 N–H and O–H groups in total. The van der Waals surface area contributed by atoms with E-state index in [4.69, 9.17) is 9.15 Å². The van der Waals surface area contributed by atoms with Crippen LogP contribution < -0.4 is 5.63 Å². The molecule has 182 valence electrons. The largest absolute Gasteiger partial charge is 0.508 e. The normalized spacial score (nSPS) is 26.4. The van der Waals surface area contributed by atoms with Crippen molar-refractivity contribution in [3.8, 4) is 5.75 Å². The second kappa shape index (κ2) is 10.6. The Balaban J connectivity index is 2.05. The number of aliphatic hydroxyl groups is 4. The van der Waals surface area contributed by atoms with E-state index in [9.17, 15) is 40.2 Å². The number of carboxylic acid groups (broad SMARTS) is 1. The average Bonchev–Trinajstić information content (AvgIpc) is 2.77. The van der Waals surface area contributed by atoms with E-state index in [0.29, 0.717) is 31.1 Å². The molecule has 0 spiro atoms. The van der Waals surface area contributed by atoms with Crippen LogP contribution in [0.3, 0.4) is 0 Å². The molecule has 0 radical (unpaired) electrons. The summed E-state index contributed by atoms with van der Waals surface area (Å²) in [5, 5.41) is 60.2. The van der Waals surface area contributed by atoms with Gasteiger partial charge in [0.25, 0.3) is 0 Å². The number of aliphatic carboxylic acids is 1. The molecule has 1 fully saturated rings. The van der Waals surface area contributed by atoms with Crippen LogP contribution in [0.1, 0.15) is 49.8 Å². The summed E-state index contributed by atoms with van der Waals surface area (Å²) in [5.74, 6) is -1.62. The summed E-state index contributed by atoms with van der Waals surface area (Å²) in [5.41, 5.74) is -0.369. The monoisotopic (exact) mass is 466 g/mol. The van der Waals surface area contributed by atoms with E-state index in [1.165, 1.54) is 18.2 Å². The van der Waals surface area contributed by atoms with Gasteiger partial charge in [-0.3, -0.25) is 4.79 Å². The van der Waals surface area contributed by atoms with Gasteiger partial charge >= 0.3 is 11.6 Å². The number of fused-ring (bicyclic) bond motifs is 1. The Morgan fingerprint density at radius 2 is 1.85 bits per heavy atom. The lowest BCUT2D eigenvalue weighted by Crippen LogP contribution is -2.55. The van der Waals surface area contributed by atoms with Crippen LogP contribution in [0.15, 0.2) is 27.4 Å². The molecule has 10 nitrogen and oxygen atoms in total. The number of carboxylic acids is 1. The molecule has 1 unspecified atom stereocenters. The number of carbonyl (C=O) groups is 1. The molecule has 1 aliphatic heterocycles. The molecule has 0 saturated carbocycles. The van der Waals surface area contributed by atoms with E-state index in [2.05, 4.69) is 0 Å². The molecule has 2 aromatic rings. The first kappa shape index (κ1) is 25.1. The molecule has 0 bridgehead atoms. The van der Waals surface area contributed by atoms with Gasteiger partial charge < -0.3 is 39.8 Å².